The van der Waals surface area contributed by atoms with Crippen LogP contribution in [0.2, 0.25) is 0 Å². The van der Waals surface area contributed by atoms with Gasteiger partial charge >= 0.3 is 12.3 Å². The molecule has 28 heavy (non-hydrogen) atoms. The number of pyridine rings is 1. The summed E-state index contributed by atoms with van der Waals surface area (Å²) in [6, 6.07) is 9.14. The molecule has 2 rings (SSSR count). The Morgan fingerprint density at radius 2 is 1.21 bits per heavy atom. The SMILES string of the molecule is Cc1nc(C)c(OC(=O)OC(C)C)c(-c2ccccc2)c1OC(=O)OC(C)C. The molecule has 0 unspecified atom stereocenters. The molecule has 1 aromatic carbocycles. The summed E-state index contributed by atoms with van der Waals surface area (Å²) in [5, 5.41) is 0. The lowest BCUT2D eigenvalue weighted by atomic mass is 10.0. The highest BCUT2D eigenvalue weighted by molar-refractivity contribution is 5.83. The molecule has 0 N–H and O–H groups in total. The summed E-state index contributed by atoms with van der Waals surface area (Å²) >= 11 is 0. The van der Waals surface area contributed by atoms with Gasteiger partial charge in [-0.25, -0.2) is 9.59 Å². The predicted molar refractivity (Wildman–Crippen MR) is 104 cm³/mol. The Kier molecular flexibility index (Phi) is 6.98. The Labute approximate surface area is 164 Å². The van der Waals surface area contributed by atoms with Gasteiger partial charge in [0.05, 0.1) is 29.2 Å². The topological polar surface area (TPSA) is 84.0 Å². The van der Waals surface area contributed by atoms with Crippen LogP contribution in [0.5, 0.6) is 11.5 Å². The number of hydrogen-bond donors (Lipinski definition) is 0. The average molecular weight is 387 g/mol. The molecule has 0 radical (unpaired) electrons. The Morgan fingerprint density at radius 3 is 1.61 bits per heavy atom. The van der Waals surface area contributed by atoms with Crippen LogP contribution in [0.15, 0.2) is 30.3 Å². The number of ether oxygens (including phenoxy) is 4. The van der Waals surface area contributed by atoms with Gasteiger partial charge in [-0.2, -0.15) is 0 Å². The summed E-state index contributed by atoms with van der Waals surface area (Å²) in [6.07, 6.45) is -2.42. The average Bonchev–Trinajstić information content (AvgIpc) is 2.58. The molecule has 0 saturated heterocycles. The molecule has 0 amide bonds. The molecule has 0 fully saturated rings. The van der Waals surface area contributed by atoms with E-state index in [1.807, 2.05) is 30.3 Å². The lowest BCUT2D eigenvalue weighted by Crippen LogP contribution is -2.19. The van der Waals surface area contributed by atoms with E-state index >= 15 is 0 Å². The van der Waals surface area contributed by atoms with Crippen molar-refractivity contribution in [1.29, 1.82) is 0 Å². The van der Waals surface area contributed by atoms with E-state index < -0.39 is 12.3 Å². The van der Waals surface area contributed by atoms with E-state index in [1.54, 1.807) is 41.5 Å². The Balaban J connectivity index is 2.58. The smallest absolute Gasteiger partial charge is 0.431 e. The van der Waals surface area contributed by atoms with Crippen molar-refractivity contribution in [2.24, 2.45) is 0 Å². The van der Waals surface area contributed by atoms with Crippen LogP contribution >= 0.6 is 0 Å². The fourth-order valence-corrected chi connectivity index (χ4v) is 2.53. The van der Waals surface area contributed by atoms with Crippen molar-refractivity contribution >= 4 is 12.3 Å². The zero-order chi connectivity index (χ0) is 20.8. The molecule has 150 valence electrons. The highest BCUT2D eigenvalue weighted by atomic mass is 16.7. The second-order valence-corrected chi connectivity index (χ2v) is 6.72. The van der Waals surface area contributed by atoms with Crippen LogP contribution in [0.25, 0.3) is 11.1 Å². The van der Waals surface area contributed by atoms with Gasteiger partial charge in [-0.15, -0.1) is 0 Å². The summed E-state index contributed by atoms with van der Waals surface area (Å²) in [7, 11) is 0. The Bertz CT molecular complexity index is 797. The minimum absolute atomic E-state index is 0.162. The highest BCUT2D eigenvalue weighted by Crippen LogP contribution is 2.42. The number of aryl methyl sites for hydroxylation is 2. The maximum atomic E-state index is 12.1. The summed E-state index contributed by atoms with van der Waals surface area (Å²) in [5.74, 6) is 0.324. The van der Waals surface area contributed by atoms with Gasteiger partial charge in [-0.05, 0) is 47.1 Å². The molecule has 1 heterocycles. The monoisotopic (exact) mass is 387 g/mol. The summed E-state index contributed by atoms with van der Waals surface area (Å²) in [5.41, 5.74) is 2.03. The van der Waals surface area contributed by atoms with E-state index in [4.69, 9.17) is 18.9 Å². The van der Waals surface area contributed by atoms with E-state index in [0.29, 0.717) is 22.5 Å². The normalized spacial score (nSPS) is 10.7. The number of hydrogen-bond acceptors (Lipinski definition) is 7. The third kappa shape index (κ3) is 5.45. The minimum Gasteiger partial charge on any atom is -0.431 e. The molecule has 1 aromatic heterocycles. The molecule has 7 nitrogen and oxygen atoms in total. The van der Waals surface area contributed by atoms with Gasteiger partial charge in [0.2, 0.25) is 0 Å². The summed E-state index contributed by atoms with van der Waals surface area (Å²) < 4.78 is 21.1. The molecule has 2 aromatic rings. The first-order valence-corrected chi connectivity index (χ1v) is 9.02. The van der Waals surface area contributed by atoms with Crippen molar-refractivity contribution in [3.63, 3.8) is 0 Å². The third-order valence-electron chi connectivity index (χ3n) is 3.54. The number of benzene rings is 1. The summed E-state index contributed by atoms with van der Waals surface area (Å²) in [6.45, 7) is 10.3. The standard InChI is InChI=1S/C21H25NO6/c1-12(2)25-20(23)27-18-14(5)22-15(6)19(28-21(24)26-13(3)4)17(18)16-10-8-7-9-11-16/h7-13H,1-6H3. The molecule has 0 atom stereocenters. The molecule has 0 bridgehead atoms. The van der Waals surface area contributed by atoms with Gasteiger partial charge < -0.3 is 18.9 Å². The number of aromatic nitrogens is 1. The van der Waals surface area contributed by atoms with Gasteiger partial charge in [0.25, 0.3) is 0 Å². The maximum absolute atomic E-state index is 12.1. The van der Waals surface area contributed by atoms with Crippen LogP contribution in [0.4, 0.5) is 9.59 Å². The number of nitrogens with zero attached hydrogens (tertiary/aromatic N) is 1. The van der Waals surface area contributed by atoms with E-state index in [-0.39, 0.29) is 23.7 Å². The van der Waals surface area contributed by atoms with E-state index in [2.05, 4.69) is 4.98 Å². The molecule has 0 aliphatic rings. The summed E-state index contributed by atoms with van der Waals surface area (Å²) in [4.78, 5) is 28.6. The van der Waals surface area contributed by atoms with Crippen molar-refractivity contribution in [2.45, 2.75) is 53.8 Å². The fraction of sp³-hybridized carbons (Fsp3) is 0.381. The van der Waals surface area contributed by atoms with Crippen molar-refractivity contribution < 1.29 is 28.5 Å². The number of carbonyl (C=O) groups is 2. The van der Waals surface area contributed by atoms with Crippen LogP contribution in [-0.4, -0.2) is 29.5 Å². The molecule has 7 heteroatoms. The Morgan fingerprint density at radius 1 is 0.786 bits per heavy atom. The first kappa shape index (κ1) is 21.2. The molecule has 0 aliphatic heterocycles. The fourth-order valence-electron chi connectivity index (χ4n) is 2.53. The lowest BCUT2D eigenvalue weighted by Gasteiger charge is -2.19. The number of rotatable bonds is 5. The maximum Gasteiger partial charge on any atom is 0.514 e. The predicted octanol–water partition coefficient (Wildman–Crippen LogP) is 5.21. The van der Waals surface area contributed by atoms with E-state index in [0.717, 1.165) is 0 Å². The van der Waals surface area contributed by atoms with Gasteiger partial charge in [0.15, 0.2) is 11.5 Å². The largest absolute Gasteiger partial charge is 0.514 e. The van der Waals surface area contributed by atoms with E-state index in [9.17, 15) is 9.59 Å². The van der Waals surface area contributed by atoms with Gasteiger partial charge in [0.1, 0.15) is 0 Å². The minimum atomic E-state index is -0.864. The van der Waals surface area contributed by atoms with E-state index in [1.165, 1.54) is 0 Å². The van der Waals surface area contributed by atoms with Crippen LogP contribution in [0, 0.1) is 13.8 Å². The quantitative estimate of drug-likeness (QED) is 0.651. The first-order valence-electron chi connectivity index (χ1n) is 9.02. The number of carbonyl (C=O) groups excluding carboxylic acids is 2. The van der Waals surface area contributed by atoms with Gasteiger partial charge in [0, 0.05) is 0 Å². The highest BCUT2D eigenvalue weighted by Gasteiger charge is 2.25. The molecule has 0 saturated carbocycles. The zero-order valence-corrected chi connectivity index (χ0v) is 16.9. The van der Waals surface area contributed by atoms with Crippen molar-refractivity contribution in [2.75, 3.05) is 0 Å². The van der Waals surface area contributed by atoms with Crippen molar-refractivity contribution in [3.05, 3.63) is 41.7 Å². The molecular weight excluding hydrogens is 362 g/mol. The van der Waals surface area contributed by atoms with Crippen LogP contribution < -0.4 is 9.47 Å². The second kappa shape index (κ2) is 9.21. The molecule has 0 aliphatic carbocycles. The van der Waals surface area contributed by atoms with Crippen LogP contribution in [-0.2, 0) is 9.47 Å². The van der Waals surface area contributed by atoms with Gasteiger partial charge in [-0.3, -0.25) is 4.98 Å². The van der Waals surface area contributed by atoms with Gasteiger partial charge in [-0.1, -0.05) is 30.3 Å². The van der Waals surface area contributed by atoms with Crippen LogP contribution in [0.1, 0.15) is 39.1 Å². The van der Waals surface area contributed by atoms with Crippen molar-refractivity contribution in [3.8, 4) is 22.6 Å². The Hall–Kier alpha value is -3.09. The third-order valence-corrected chi connectivity index (χ3v) is 3.54. The van der Waals surface area contributed by atoms with Crippen LogP contribution in [0.3, 0.4) is 0 Å². The molecule has 0 spiro atoms. The van der Waals surface area contributed by atoms with Crippen molar-refractivity contribution in [1.82, 2.24) is 4.98 Å². The second-order valence-electron chi connectivity index (χ2n) is 6.72. The first-order chi connectivity index (χ1) is 13.2. The molecular formula is C21H25NO6. The zero-order valence-electron chi connectivity index (χ0n) is 16.9. The lowest BCUT2D eigenvalue weighted by molar-refractivity contribution is 0.0717.